The number of alkyl halides is 3. The molecule has 3 aromatic heterocycles. The monoisotopic (exact) mass is 584 g/mol. The normalized spacial score (nSPS) is 16.4. The van der Waals surface area contributed by atoms with Crippen molar-refractivity contribution >= 4 is 32.1 Å². The van der Waals surface area contributed by atoms with E-state index in [9.17, 15) is 21.6 Å². The second-order valence-corrected chi connectivity index (χ2v) is 12.9. The molecule has 10 nitrogen and oxygen atoms in total. The molecule has 0 amide bonds. The third kappa shape index (κ3) is 5.73. The van der Waals surface area contributed by atoms with E-state index in [1.54, 1.807) is 0 Å². The highest BCUT2D eigenvalue weighted by molar-refractivity contribution is 7.90. The average Bonchev–Trinajstić information content (AvgIpc) is 3.58. The lowest BCUT2D eigenvalue weighted by Crippen LogP contribution is -2.38. The van der Waals surface area contributed by atoms with Gasteiger partial charge in [-0.05, 0) is 49.2 Å². The number of imidazole rings is 1. The quantitative estimate of drug-likeness (QED) is 0.294. The maximum atomic E-state index is 13.7. The molecule has 15 heteroatoms. The molecule has 1 atom stereocenters. The average molecular weight is 585 g/mol. The van der Waals surface area contributed by atoms with E-state index in [2.05, 4.69) is 25.1 Å². The van der Waals surface area contributed by atoms with Crippen LogP contribution in [-0.2, 0) is 16.0 Å². The number of nitrogens with zero attached hydrogens (tertiary/aromatic N) is 6. The first kappa shape index (κ1) is 27.4. The summed E-state index contributed by atoms with van der Waals surface area (Å²) >= 11 is 1.13. The number of halogens is 3. The Morgan fingerprint density at radius 1 is 1.15 bits per heavy atom. The summed E-state index contributed by atoms with van der Waals surface area (Å²) in [4.78, 5) is 10.8. The first-order valence-corrected chi connectivity index (χ1v) is 15.0. The summed E-state index contributed by atoms with van der Waals surface area (Å²) < 4.78 is 77.6. The second kappa shape index (κ2) is 10.1. The van der Waals surface area contributed by atoms with Crippen LogP contribution in [0, 0.1) is 5.92 Å². The molecular formula is C24H27F3N6O4S2. The largest absolute Gasteiger partial charge is 0.466 e. The molecule has 1 fully saturated rings. The van der Waals surface area contributed by atoms with Crippen LogP contribution >= 0.6 is 11.3 Å². The number of rotatable bonds is 7. The predicted octanol–water partition coefficient (Wildman–Crippen LogP) is 5.07. The van der Waals surface area contributed by atoms with Crippen LogP contribution in [0.1, 0.15) is 50.9 Å². The molecule has 0 N–H and O–H groups in total. The van der Waals surface area contributed by atoms with Crippen molar-refractivity contribution in [2.75, 3.05) is 24.2 Å². The lowest BCUT2D eigenvalue weighted by atomic mass is 9.92. The highest BCUT2D eigenvalue weighted by Gasteiger charge is 2.36. The molecule has 1 aromatic carbocycles. The van der Waals surface area contributed by atoms with Gasteiger partial charge in [0.1, 0.15) is 6.10 Å². The van der Waals surface area contributed by atoms with Crippen molar-refractivity contribution in [3.8, 4) is 16.5 Å². The Balaban J connectivity index is 1.27. The molecule has 39 heavy (non-hydrogen) atoms. The molecule has 1 aliphatic heterocycles. The number of piperidine rings is 1. The maximum Gasteiger partial charge on any atom is 0.417 e. The molecule has 1 saturated heterocycles. The van der Waals surface area contributed by atoms with Crippen LogP contribution in [0.4, 0.5) is 19.2 Å². The van der Waals surface area contributed by atoms with Gasteiger partial charge in [0, 0.05) is 30.8 Å². The summed E-state index contributed by atoms with van der Waals surface area (Å²) in [5.41, 5.74) is -1.26. The third-order valence-corrected chi connectivity index (χ3v) is 8.66. The van der Waals surface area contributed by atoms with Crippen LogP contribution < -0.4 is 9.64 Å². The Morgan fingerprint density at radius 3 is 2.46 bits per heavy atom. The lowest BCUT2D eigenvalue weighted by Gasteiger charge is -2.33. The van der Waals surface area contributed by atoms with Gasteiger partial charge in [-0.2, -0.15) is 18.2 Å². The van der Waals surface area contributed by atoms with Gasteiger partial charge in [0.2, 0.25) is 4.96 Å². The van der Waals surface area contributed by atoms with Crippen LogP contribution in [0.5, 0.6) is 5.19 Å². The number of benzene rings is 1. The van der Waals surface area contributed by atoms with Gasteiger partial charge in [-0.3, -0.25) is 0 Å². The van der Waals surface area contributed by atoms with E-state index in [1.165, 1.54) is 10.7 Å². The van der Waals surface area contributed by atoms with Crippen LogP contribution in [0.3, 0.4) is 0 Å². The Bertz CT molecular complexity index is 1560. The molecule has 0 saturated carbocycles. The van der Waals surface area contributed by atoms with Crippen LogP contribution in [0.25, 0.3) is 16.2 Å². The highest BCUT2D eigenvalue weighted by atomic mass is 32.2. The minimum absolute atomic E-state index is 0.0368. The summed E-state index contributed by atoms with van der Waals surface area (Å²) in [6, 6.07) is 3.43. The molecule has 0 bridgehead atoms. The van der Waals surface area contributed by atoms with Gasteiger partial charge >= 0.3 is 12.2 Å². The van der Waals surface area contributed by atoms with Gasteiger partial charge in [-0.1, -0.05) is 25.1 Å². The van der Waals surface area contributed by atoms with Crippen LogP contribution in [0.15, 0.2) is 33.8 Å². The number of ether oxygens (including phenoxy) is 1. The Morgan fingerprint density at radius 2 is 1.87 bits per heavy atom. The molecule has 0 spiro atoms. The lowest BCUT2D eigenvalue weighted by molar-refractivity contribution is -0.137. The number of hydrogen-bond donors (Lipinski definition) is 0. The van der Waals surface area contributed by atoms with Gasteiger partial charge in [-0.15, -0.1) is 5.10 Å². The van der Waals surface area contributed by atoms with E-state index >= 15 is 0 Å². The number of sulfone groups is 1. The van der Waals surface area contributed by atoms with Crippen molar-refractivity contribution in [1.29, 1.82) is 0 Å². The Hall–Kier alpha value is -3.20. The van der Waals surface area contributed by atoms with Crippen LogP contribution in [-0.4, -0.2) is 58.6 Å². The van der Waals surface area contributed by atoms with Crippen molar-refractivity contribution in [1.82, 2.24) is 24.7 Å². The van der Waals surface area contributed by atoms with E-state index in [4.69, 9.17) is 9.26 Å². The van der Waals surface area contributed by atoms with E-state index in [-0.39, 0.29) is 29.2 Å². The predicted molar refractivity (Wildman–Crippen MR) is 138 cm³/mol. The fourth-order valence-corrected chi connectivity index (χ4v) is 5.94. The van der Waals surface area contributed by atoms with Crippen molar-refractivity contribution in [3.05, 3.63) is 35.8 Å². The maximum absolute atomic E-state index is 13.7. The smallest absolute Gasteiger partial charge is 0.417 e. The van der Waals surface area contributed by atoms with Gasteiger partial charge < -0.3 is 14.2 Å². The second-order valence-electron chi connectivity index (χ2n) is 9.94. The Labute approximate surface area is 226 Å². The van der Waals surface area contributed by atoms with Crippen LogP contribution in [0.2, 0.25) is 0 Å². The van der Waals surface area contributed by atoms with E-state index in [1.807, 2.05) is 20.8 Å². The van der Waals surface area contributed by atoms with E-state index < -0.39 is 26.5 Å². The fraction of sp³-hybridized carbons (Fsp3) is 0.500. The molecule has 1 unspecified atom stereocenters. The van der Waals surface area contributed by atoms with Gasteiger partial charge in [-0.25, -0.2) is 17.9 Å². The molecule has 4 heterocycles. The topological polar surface area (TPSA) is 116 Å². The molecule has 0 aliphatic carbocycles. The van der Waals surface area contributed by atoms with E-state index in [0.29, 0.717) is 28.1 Å². The molecule has 1 aliphatic rings. The summed E-state index contributed by atoms with van der Waals surface area (Å²) in [7, 11) is -3.81. The number of aromatic nitrogens is 5. The highest BCUT2D eigenvalue weighted by Crippen LogP contribution is 2.39. The van der Waals surface area contributed by atoms with Gasteiger partial charge in [0.05, 0.1) is 22.3 Å². The standard InChI is InChI=1S/C24H27F3N6O4S2/c1-13(2)20-29-21(37-31-20)32-9-7-15(8-10-32)14(3)36-23-30-33-12-19(28-22(33)38-23)17-6-5-16(39(4,34)35)11-18(17)24(25,26)27/h5-6,11-15H,7-10H2,1-4H3. The molecule has 5 rings (SSSR count). The van der Waals surface area contributed by atoms with Crippen molar-refractivity contribution in [2.24, 2.45) is 5.92 Å². The SMILES string of the molecule is CC(C)c1noc(N2CCC(C(C)Oc3nn4cc(-c5ccc(S(C)(=O)=O)cc5C(F)(F)F)nc4s3)CC2)n1. The number of fused-ring (bicyclic) bond motifs is 1. The van der Waals surface area contributed by atoms with Gasteiger partial charge in [0.25, 0.3) is 5.19 Å². The zero-order valence-corrected chi connectivity index (χ0v) is 23.3. The minimum Gasteiger partial charge on any atom is -0.466 e. The van der Waals surface area contributed by atoms with E-state index in [0.717, 1.165) is 55.7 Å². The summed E-state index contributed by atoms with van der Waals surface area (Å²) in [6.07, 6.45) is -0.951. The molecule has 4 aromatic rings. The first-order chi connectivity index (χ1) is 18.3. The fourth-order valence-electron chi connectivity index (χ4n) is 4.48. The molecule has 210 valence electrons. The third-order valence-electron chi connectivity index (χ3n) is 6.73. The van der Waals surface area contributed by atoms with Crippen molar-refractivity contribution in [3.63, 3.8) is 0 Å². The Kier molecular flexibility index (Phi) is 7.07. The summed E-state index contributed by atoms with van der Waals surface area (Å²) in [6.45, 7) is 7.49. The summed E-state index contributed by atoms with van der Waals surface area (Å²) in [5.74, 6) is 1.14. The first-order valence-electron chi connectivity index (χ1n) is 12.3. The zero-order valence-electron chi connectivity index (χ0n) is 21.6. The van der Waals surface area contributed by atoms with Crippen molar-refractivity contribution in [2.45, 2.75) is 56.7 Å². The summed E-state index contributed by atoms with van der Waals surface area (Å²) in [5, 5.41) is 8.74. The number of hydrogen-bond acceptors (Lipinski definition) is 10. The molecule has 0 radical (unpaired) electrons. The molecular weight excluding hydrogens is 557 g/mol. The van der Waals surface area contributed by atoms with Gasteiger partial charge in [0.15, 0.2) is 15.7 Å². The zero-order chi connectivity index (χ0) is 28.1. The number of anilines is 1. The van der Waals surface area contributed by atoms with Crippen molar-refractivity contribution < 1.29 is 30.8 Å². The minimum atomic E-state index is -4.76.